The molecule has 0 spiro atoms. The number of nitrogens with two attached hydrogens (primary N) is 1. The SMILES string of the molecule is CCO/N=C(\C)c1cc(CNCC(C)(C)C)c(O)c2c1C[C@H]1C[C@H]3[C@H](N(C)C)C(O)=C(C(N)=O)C[C@@]3(OCO)C(=O)C1=C2O. The molecule has 1 saturated carbocycles. The van der Waals surface area contributed by atoms with Crippen LogP contribution in [-0.2, 0) is 32.1 Å². The lowest BCUT2D eigenvalue weighted by Crippen LogP contribution is -2.63. The molecule has 1 fully saturated rings. The number of phenolic OH excluding ortho intramolecular Hbond substituents is 1. The lowest BCUT2D eigenvalue weighted by molar-refractivity contribution is -0.183. The van der Waals surface area contributed by atoms with Gasteiger partial charge in [0.05, 0.1) is 22.9 Å². The molecule has 3 aliphatic carbocycles. The number of carbonyl (C=O) groups excluding carboxylic acids is 2. The van der Waals surface area contributed by atoms with E-state index in [1.54, 1.807) is 25.9 Å². The number of carbonyl (C=O) groups is 2. The Labute approximate surface area is 258 Å². The highest BCUT2D eigenvalue weighted by Crippen LogP contribution is 2.55. The molecule has 12 nitrogen and oxygen atoms in total. The molecule has 0 unspecified atom stereocenters. The Balaban J connectivity index is 1.94. The molecule has 7 N–H and O–H groups in total. The number of ether oxygens (including phenoxy) is 1. The van der Waals surface area contributed by atoms with E-state index in [-0.39, 0.29) is 58.7 Å². The summed E-state index contributed by atoms with van der Waals surface area (Å²) in [5.41, 5.74) is 6.18. The molecule has 12 heteroatoms. The van der Waals surface area contributed by atoms with Crippen molar-refractivity contribution < 1.29 is 39.6 Å². The van der Waals surface area contributed by atoms with Gasteiger partial charge in [-0.1, -0.05) is 25.9 Å². The number of hydrogen-bond acceptors (Lipinski definition) is 11. The molecule has 3 aliphatic rings. The van der Waals surface area contributed by atoms with Crippen LogP contribution in [-0.4, -0.2) is 88.4 Å². The van der Waals surface area contributed by atoms with Crippen LogP contribution in [0.25, 0.3) is 5.76 Å². The predicted molar refractivity (Wildman–Crippen MR) is 165 cm³/mol. The van der Waals surface area contributed by atoms with E-state index in [1.807, 2.05) is 13.0 Å². The molecule has 1 amide bonds. The molecule has 1 aromatic carbocycles. The van der Waals surface area contributed by atoms with Crippen molar-refractivity contribution in [3.05, 3.63) is 45.2 Å². The van der Waals surface area contributed by atoms with Crippen LogP contribution in [0.15, 0.2) is 28.1 Å². The van der Waals surface area contributed by atoms with Crippen molar-refractivity contribution in [2.24, 2.45) is 28.1 Å². The second kappa shape index (κ2) is 12.5. The number of phenols is 1. The maximum atomic E-state index is 14.5. The van der Waals surface area contributed by atoms with Crippen molar-refractivity contribution in [1.82, 2.24) is 10.2 Å². The number of amides is 1. The minimum atomic E-state index is -1.78. The first-order valence-electron chi connectivity index (χ1n) is 15.0. The highest BCUT2D eigenvalue weighted by atomic mass is 16.6. The summed E-state index contributed by atoms with van der Waals surface area (Å²) in [5.74, 6) is -3.53. The van der Waals surface area contributed by atoms with E-state index in [1.165, 1.54) is 0 Å². The quantitative estimate of drug-likeness (QED) is 0.130. The van der Waals surface area contributed by atoms with Crippen molar-refractivity contribution in [3.8, 4) is 5.75 Å². The molecular weight excluding hydrogens is 568 g/mol. The van der Waals surface area contributed by atoms with Gasteiger partial charge in [-0.15, -0.1) is 0 Å². The average Bonchev–Trinajstić information content (AvgIpc) is 2.92. The zero-order chi connectivity index (χ0) is 32.7. The smallest absolute Gasteiger partial charge is 0.248 e. The Morgan fingerprint density at radius 1 is 1.25 bits per heavy atom. The van der Waals surface area contributed by atoms with Gasteiger partial charge in [0, 0.05) is 42.1 Å². The van der Waals surface area contributed by atoms with E-state index in [9.17, 15) is 30.0 Å². The van der Waals surface area contributed by atoms with Crippen LogP contribution in [0.2, 0.25) is 0 Å². The number of Topliss-reactive ketones (excluding diaryl/α,β-unsaturated/α-hetero) is 1. The number of oxime groups is 1. The van der Waals surface area contributed by atoms with E-state index in [0.717, 1.165) is 0 Å². The lowest BCUT2D eigenvalue weighted by atomic mass is 9.57. The van der Waals surface area contributed by atoms with Gasteiger partial charge >= 0.3 is 0 Å². The van der Waals surface area contributed by atoms with Gasteiger partial charge in [-0.3, -0.25) is 14.5 Å². The number of nitrogens with zero attached hydrogens (tertiary/aromatic N) is 2. The second-order valence-electron chi connectivity index (χ2n) is 13.4. The number of ketones is 1. The van der Waals surface area contributed by atoms with E-state index < -0.39 is 42.0 Å². The van der Waals surface area contributed by atoms with Crippen molar-refractivity contribution in [1.29, 1.82) is 0 Å². The first-order valence-corrected chi connectivity index (χ1v) is 15.0. The Morgan fingerprint density at radius 2 is 1.93 bits per heavy atom. The zero-order valence-electron chi connectivity index (χ0n) is 26.7. The van der Waals surface area contributed by atoms with Crippen LogP contribution in [0.5, 0.6) is 5.75 Å². The fourth-order valence-corrected chi connectivity index (χ4v) is 7.01. The predicted octanol–water partition coefficient (Wildman–Crippen LogP) is 2.66. The number of rotatable bonds is 10. The summed E-state index contributed by atoms with van der Waals surface area (Å²) in [4.78, 5) is 34.0. The summed E-state index contributed by atoms with van der Waals surface area (Å²) >= 11 is 0. The highest BCUT2D eigenvalue weighted by molar-refractivity contribution is 6.11. The number of fused-ring (bicyclic) bond motifs is 3. The number of aromatic hydroxyl groups is 1. The number of primary amides is 1. The third-order valence-corrected chi connectivity index (χ3v) is 8.88. The second-order valence-corrected chi connectivity index (χ2v) is 13.4. The van der Waals surface area contributed by atoms with E-state index in [0.29, 0.717) is 42.1 Å². The molecule has 0 saturated heterocycles. The number of nitrogens with one attached hydrogen (secondary N) is 1. The van der Waals surface area contributed by atoms with Crippen LogP contribution in [0.3, 0.4) is 0 Å². The number of benzene rings is 1. The summed E-state index contributed by atoms with van der Waals surface area (Å²) in [5, 5.41) is 52.1. The van der Waals surface area contributed by atoms with E-state index in [4.69, 9.17) is 15.3 Å². The summed E-state index contributed by atoms with van der Waals surface area (Å²) < 4.78 is 5.80. The largest absolute Gasteiger partial charge is 0.510 e. The van der Waals surface area contributed by atoms with Gasteiger partial charge in [-0.25, -0.2) is 0 Å². The standard InChI is InChI=1S/C32H46N4O8/c1-8-44-35-16(2)19-10-18(13-34-14-31(3,4)5)26(38)24-20(19)9-17-11-22-25(36(6)7)27(39)21(30(33)42)12-32(22,43-15-37)29(41)23(17)28(24)40/h10,17,22,25,34,37-40H,8-9,11-15H2,1-7H3,(H2,33,42)/b35-16+/t17-,22-,25-,32-/m0/s1. The topological polar surface area (TPSA) is 187 Å². The third kappa shape index (κ3) is 5.83. The highest BCUT2D eigenvalue weighted by Gasteiger charge is 2.62. The van der Waals surface area contributed by atoms with Gasteiger partial charge < -0.3 is 41.1 Å². The maximum absolute atomic E-state index is 14.5. The van der Waals surface area contributed by atoms with Gasteiger partial charge in [-0.05, 0) is 63.7 Å². The molecule has 4 rings (SSSR count). The van der Waals surface area contributed by atoms with E-state index in [2.05, 4.69) is 31.2 Å². The van der Waals surface area contributed by atoms with Gasteiger partial charge in [0.2, 0.25) is 5.91 Å². The molecular formula is C32H46N4O8. The molecule has 44 heavy (non-hydrogen) atoms. The summed E-state index contributed by atoms with van der Waals surface area (Å²) in [6.45, 7) is 10.3. The van der Waals surface area contributed by atoms with Crippen LogP contribution < -0.4 is 11.1 Å². The number of likely N-dealkylation sites (N-methyl/N-ethyl adjacent to an activating group) is 1. The third-order valence-electron chi connectivity index (χ3n) is 8.88. The van der Waals surface area contributed by atoms with Gasteiger partial charge in [0.15, 0.2) is 5.78 Å². The van der Waals surface area contributed by atoms with Crippen LogP contribution in [0.4, 0.5) is 0 Å². The maximum Gasteiger partial charge on any atom is 0.248 e. The molecule has 1 aromatic rings. The van der Waals surface area contributed by atoms with Crippen molar-refractivity contribution >= 4 is 23.2 Å². The van der Waals surface area contributed by atoms with Gasteiger partial charge in [-0.2, -0.15) is 0 Å². The van der Waals surface area contributed by atoms with Crippen LogP contribution >= 0.6 is 0 Å². The molecule has 0 aromatic heterocycles. The summed E-state index contributed by atoms with van der Waals surface area (Å²) in [6, 6.07) is 1.01. The van der Waals surface area contributed by atoms with Gasteiger partial charge in [0.1, 0.15) is 36.3 Å². The van der Waals surface area contributed by atoms with Crippen molar-refractivity contribution in [2.75, 3.05) is 34.0 Å². The summed E-state index contributed by atoms with van der Waals surface area (Å²) in [7, 11) is 3.41. The Kier molecular flexibility index (Phi) is 9.51. The molecule has 4 atom stereocenters. The van der Waals surface area contributed by atoms with Crippen molar-refractivity contribution in [3.63, 3.8) is 0 Å². The number of aliphatic hydroxyl groups is 3. The molecule has 0 radical (unpaired) electrons. The number of aliphatic hydroxyl groups excluding tert-OH is 3. The minimum absolute atomic E-state index is 0.0144. The van der Waals surface area contributed by atoms with Crippen molar-refractivity contribution in [2.45, 2.75) is 72.1 Å². The lowest BCUT2D eigenvalue weighted by Gasteiger charge is -2.53. The Bertz CT molecular complexity index is 1420. The Morgan fingerprint density at radius 3 is 2.50 bits per heavy atom. The molecule has 0 heterocycles. The fraction of sp³-hybridized carbons (Fsp3) is 0.594. The van der Waals surface area contributed by atoms with Crippen LogP contribution in [0.1, 0.15) is 69.7 Å². The first kappa shape index (κ1) is 33.4. The van der Waals surface area contributed by atoms with Gasteiger partial charge in [0.25, 0.3) is 0 Å². The average molecular weight is 615 g/mol. The molecule has 0 bridgehead atoms. The molecule has 0 aliphatic heterocycles. The fourth-order valence-electron chi connectivity index (χ4n) is 7.01. The minimum Gasteiger partial charge on any atom is -0.510 e. The van der Waals surface area contributed by atoms with Crippen LogP contribution in [0, 0.1) is 17.3 Å². The normalized spacial score (nSPS) is 25.6. The molecule has 242 valence electrons. The zero-order valence-corrected chi connectivity index (χ0v) is 26.7. The Hall–Kier alpha value is -3.45. The van der Waals surface area contributed by atoms with E-state index >= 15 is 0 Å². The first-order chi connectivity index (χ1) is 20.6. The monoisotopic (exact) mass is 614 g/mol. The summed E-state index contributed by atoms with van der Waals surface area (Å²) in [6.07, 6.45) is 0.171. The number of hydrogen-bond donors (Lipinski definition) is 6.